The highest BCUT2D eigenvalue weighted by molar-refractivity contribution is 5.91. The molecule has 0 radical (unpaired) electrons. The number of ether oxygens (including phenoxy) is 2. The third-order valence-corrected chi connectivity index (χ3v) is 2.83. The highest BCUT2D eigenvalue weighted by atomic mass is 16.5. The summed E-state index contributed by atoms with van der Waals surface area (Å²) in [5.74, 6) is -1.02. The molecule has 18 heavy (non-hydrogen) atoms. The molecular formula is C14H16O4. The maximum Gasteiger partial charge on any atom is 0.331 e. The van der Waals surface area contributed by atoms with Crippen LogP contribution >= 0.6 is 0 Å². The molecule has 96 valence electrons. The van der Waals surface area contributed by atoms with E-state index >= 15 is 0 Å². The number of hydrogen-bond donors (Lipinski definition) is 0. The van der Waals surface area contributed by atoms with E-state index < -0.39 is 11.9 Å². The van der Waals surface area contributed by atoms with Crippen LogP contribution in [0.2, 0.25) is 0 Å². The van der Waals surface area contributed by atoms with Crippen LogP contribution in [0.15, 0.2) is 36.5 Å². The summed E-state index contributed by atoms with van der Waals surface area (Å²) in [5.41, 5.74) is 0. The molecule has 0 aromatic rings. The van der Waals surface area contributed by atoms with Crippen LogP contribution in [0.5, 0.6) is 0 Å². The summed E-state index contributed by atoms with van der Waals surface area (Å²) in [5, 5.41) is 0. The number of hydrogen-bond acceptors (Lipinski definition) is 4. The van der Waals surface area contributed by atoms with Crippen LogP contribution in [0.25, 0.3) is 0 Å². The number of carbonyl (C=O) groups is 2. The molecule has 2 unspecified atom stereocenters. The molecule has 0 saturated heterocycles. The minimum atomic E-state index is -0.509. The molecule has 0 heterocycles. The minimum Gasteiger partial charge on any atom is -0.455 e. The molecule has 2 aliphatic carbocycles. The van der Waals surface area contributed by atoms with Crippen molar-refractivity contribution in [2.45, 2.75) is 37.9 Å². The van der Waals surface area contributed by atoms with Crippen LogP contribution in [0.3, 0.4) is 0 Å². The van der Waals surface area contributed by atoms with Crippen LogP contribution in [-0.2, 0) is 19.1 Å². The number of esters is 2. The smallest absolute Gasteiger partial charge is 0.331 e. The van der Waals surface area contributed by atoms with Crippen LogP contribution < -0.4 is 0 Å². The topological polar surface area (TPSA) is 52.6 Å². The van der Waals surface area contributed by atoms with Gasteiger partial charge < -0.3 is 9.47 Å². The van der Waals surface area contributed by atoms with Crippen molar-refractivity contribution >= 4 is 11.9 Å². The van der Waals surface area contributed by atoms with Crippen molar-refractivity contribution in [1.29, 1.82) is 0 Å². The number of carbonyl (C=O) groups excluding carboxylic acids is 2. The van der Waals surface area contributed by atoms with E-state index in [1.165, 1.54) is 0 Å². The summed E-state index contributed by atoms with van der Waals surface area (Å²) in [4.78, 5) is 22.8. The molecular weight excluding hydrogens is 232 g/mol. The van der Waals surface area contributed by atoms with Gasteiger partial charge in [0.15, 0.2) is 0 Å². The molecule has 0 aromatic heterocycles. The average Bonchev–Trinajstić information content (AvgIpc) is 2.99. The average molecular weight is 248 g/mol. The molecule has 2 aliphatic rings. The lowest BCUT2D eigenvalue weighted by Crippen LogP contribution is -2.14. The van der Waals surface area contributed by atoms with Crippen molar-refractivity contribution in [2.75, 3.05) is 0 Å². The van der Waals surface area contributed by atoms with Crippen LogP contribution in [0.4, 0.5) is 0 Å². The Bertz CT molecular complexity index is 368. The van der Waals surface area contributed by atoms with E-state index in [2.05, 4.69) is 0 Å². The monoisotopic (exact) mass is 248 g/mol. The lowest BCUT2D eigenvalue weighted by atomic mass is 10.3. The molecule has 0 amide bonds. The first-order valence-corrected chi connectivity index (χ1v) is 6.16. The Balaban J connectivity index is 1.71. The molecule has 0 bridgehead atoms. The summed E-state index contributed by atoms with van der Waals surface area (Å²) in [7, 11) is 0. The second kappa shape index (κ2) is 6.19. The van der Waals surface area contributed by atoms with Crippen LogP contribution in [-0.4, -0.2) is 24.1 Å². The summed E-state index contributed by atoms with van der Waals surface area (Å²) in [6, 6.07) is 0. The largest absolute Gasteiger partial charge is 0.455 e. The van der Waals surface area contributed by atoms with Gasteiger partial charge in [-0.1, -0.05) is 12.2 Å². The van der Waals surface area contributed by atoms with Gasteiger partial charge in [-0.15, -0.1) is 0 Å². The van der Waals surface area contributed by atoms with E-state index in [1.54, 1.807) is 0 Å². The van der Waals surface area contributed by atoms with Gasteiger partial charge in [0.1, 0.15) is 12.2 Å². The Morgan fingerprint density at radius 2 is 1.33 bits per heavy atom. The van der Waals surface area contributed by atoms with Gasteiger partial charge in [0.25, 0.3) is 0 Å². The standard InChI is InChI=1S/C14H16O4/c15-13(17-11-5-1-2-6-11)9-10-14(16)18-12-7-3-4-8-12/h1,3,5,7,9-12H,2,4,6,8H2/b10-9+. The molecule has 4 nitrogen and oxygen atoms in total. The third kappa shape index (κ3) is 3.87. The van der Waals surface area contributed by atoms with Gasteiger partial charge in [-0.2, -0.15) is 0 Å². The van der Waals surface area contributed by atoms with Crippen molar-refractivity contribution in [1.82, 2.24) is 0 Å². The number of allylic oxidation sites excluding steroid dienone is 2. The van der Waals surface area contributed by atoms with E-state index in [1.807, 2.05) is 24.3 Å². The summed E-state index contributed by atoms with van der Waals surface area (Å²) < 4.78 is 10.2. The lowest BCUT2D eigenvalue weighted by Gasteiger charge is -2.08. The van der Waals surface area contributed by atoms with Crippen molar-refractivity contribution in [3.05, 3.63) is 36.5 Å². The van der Waals surface area contributed by atoms with E-state index in [4.69, 9.17) is 9.47 Å². The van der Waals surface area contributed by atoms with E-state index in [0.29, 0.717) is 0 Å². The molecule has 0 aliphatic heterocycles. The molecule has 0 N–H and O–H groups in total. The maximum atomic E-state index is 11.4. The highest BCUT2D eigenvalue weighted by Crippen LogP contribution is 2.14. The summed E-state index contributed by atoms with van der Waals surface area (Å²) >= 11 is 0. The number of rotatable bonds is 4. The lowest BCUT2D eigenvalue weighted by molar-refractivity contribution is -0.143. The van der Waals surface area contributed by atoms with Gasteiger partial charge in [-0.05, 0) is 37.8 Å². The fraction of sp³-hybridized carbons (Fsp3) is 0.429. The van der Waals surface area contributed by atoms with Crippen molar-refractivity contribution in [3.8, 4) is 0 Å². The molecule has 0 aromatic carbocycles. The molecule has 0 spiro atoms. The van der Waals surface area contributed by atoms with Gasteiger partial charge in [0.05, 0.1) is 0 Å². The normalized spacial score (nSPS) is 25.8. The highest BCUT2D eigenvalue weighted by Gasteiger charge is 2.14. The van der Waals surface area contributed by atoms with Crippen molar-refractivity contribution in [3.63, 3.8) is 0 Å². The zero-order valence-electron chi connectivity index (χ0n) is 10.1. The zero-order valence-corrected chi connectivity index (χ0v) is 10.1. The summed E-state index contributed by atoms with van der Waals surface area (Å²) in [6.45, 7) is 0. The second-order valence-electron chi connectivity index (χ2n) is 4.30. The van der Waals surface area contributed by atoms with Gasteiger partial charge in [0.2, 0.25) is 0 Å². The molecule has 4 heteroatoms. The molecule has 2 rings (SSSR count). The maximum absolute atomic E-state index is 11.4. The van der Waals surface area contributed by atoms with Gasteiger partial charge in [-0.25, -0.2) is 9.59 Å². The van der Waals surface area contributed by atoms with Gasteiger partial charge >= 0.3 is 11.9 Å². The first-order valence-electron chi connectivity index (χ1n) is 6.16. The van der Waals surface area contributed by atoms with Crippen molar-refractivity contribution in [2.24, 2.45) is 0 Å². The molecule has 2 atom stereocenters. The fourth-order valence-corrected chi connectivity index (χ4v) is 1.92. The summed E-state index contributed by atoms with van der Waals surface area (Å²) in [6.07, 6.45) is 13.1. The Hall–Kier alpha value is -1.84. The molecule has 0 fully saturated rings. The third-order valence-electron chi connectivity index (χ3n) is 2.83. The van der Waals surface area contributed by atoms with Crippen molar-refractivity contribution < 1.29 is 19.1 Å². The van der Waals surface area contributed by atoms with E-state index in [9.17, 15) is 9.59 Å². The second-order valence-corrected chi connectivity index (χ2v) is 4.30. The Kier molecular flexibility index (Phi) is 4.34. The molecule has 0 saturated carbocycles. The van der Waals surface area contributed by atoms with Gasteiger partial charge in [0, 0.05) is 12.2 Å². The Morgan fingerprint density at radius 3 is 1.67 bits per heavy atom. The Morgan fingerprint density at radius 1 is 0.889 bits per heavy atom. The Labute approximate surface area is 106 Å². The first-order chi connectivity index (χ1) is 8.74. The predicted molar refractivity (Wildman–Crippen MR) is 65.6 cm³/mol. The van der Waals surface area contributed by atoms with Crippen LogP contribution in [0, 0.1) is 0 Å². The van der Waals surface area contributed by atoms with E-state index in [0.717, 1.165) is 37.8 Å². The minimum absolute atomic E-state index is 0.157. The quantitative estimate of drug-likeness (QED) is 0.434. The van der Waals surface area contributed by atoms with Gasteiger partial charge in [-0.3, -0.25) is 0 Å². The predicted octanol–water partition coefficient (Wildman–Crippen LogP) is 2.07. The fourth-order valence-electron chi connectivity index (χ4n) is 1.92. The first kappa shape index (κ1) is 12.6. The SMILES string of the molecule is O=C(/C=C/C(=O)OC1C=CCC1)OC1C=CCC1. The zero-order chi connectivity index (χ0) is 12.8. The van der Waals surface area contributed by atoms with Crippen LogP contribution in [0.1, 0.15) is 25.7 Å². The van der Waals surface area contributed by atoms with E-state index in [-0.39, 0.29) is 12.2 Å².